The van der Waals surface area contributed by atoms with Crippen LogP contribution in [0.2, 0.25) is 0 Å². The maximum absolute atomic E-state index is 12.5. The molecule has 1 aliphatic rings. The van der Waals surface area contributed by atoms with Gasteiger partial charge in [-0.2, -0.15) is 0 Å². The lowest BCUT2D eigenvalue weighted by Crippen LogP contribution is -2.39. The molecule has 0 saturated heterocycles. The molecule has 0 N–H and O–H groups in total. The first-order valence-corrected chi connectivity index (χ1v) is 8.32. The highest BCUT2D eigenvalue weighted by Crippen LogP contribution is 2.28. The summed E-state index contributed by atoms with van der Waals surface area (Å²) in [6, 6.07) is 2.12. The Hall–Kier alpha value is -1.27. The van der Waals surface area contributed by atoms with Crippen LogP contribution in [-0.4, -0.2) is 27.6 Å². The number of hydrogen-bond donors (Lipinski definition) is 0. The van der Waals surface area contributed by atoms with E-state index in [1.54, 1.807) is 17.6 Å². The monoisotopic (exact) mass is 308 g/mol. The summed E-state index contributed by atoms with van der Waals surface area (Å²) in [5.74, 6) is 0.155. The van der Waals surface area contributed by atoms with E-state index in [9.17, 15) is 4.79 Å². The molecule has 2 aromatic rings. The summed E-state index contributed by atoms with van der Waals surface area (Å²) in [7, 11) is 0. The molecule has 0 aliphatic carbocycles. The zero-order valence-corrected chi connectivity index (χ0v) is 13.1. The van der Waals surface area contributed by atoms with Crippen LogP contribution in [-0.2, 0) is 17.8 Å². The van der Waals surface area contributed by atoms with Crippen LogP contribution in [0.3, 0.4) is 0 Å². The van der Waals surface area contributed by atoms with Gasteiger partial charge in [0.15, 0.2) is 0 Å². The first-order valence-electron chi connectivity index (χ1n) is 6.56. The number of hydrogen-bond acceptors (Lipinski definition) is 5. The van der Waals surface area contributed by atoms with Gasteiger partial charge in [0.05, 0.1) is 10.9 Å². The van der Waals surface area contributed by atoms with Crippen molar-refractivity contribution in [1.29, 1.82) is 0 Å². The van der Waals surface area contributed by atoms with Gasteiger partial charge in [-0.1, -0.05) is 11.8 Å². The lowest BCUT2D eigenvalue weighted by Gasteiger charge is -2.28. The molecular formula is C14H16N2O2S2. The molecule has 0 bridgehead atoms. The SMILES string of the molecule is Cc1coc(S[C@H](C)C(=O)N2CCc3sccc3C2)n1. The van der Waals surface area contributed by atoms with E-state index in [4.69, 9.17) is 4.42 Å². The van der Waals surface area contributed by atoms with Crippen molar-refractivity contribution in [3.63, 3.8) is 0 Å². The molecule has 6 heteroatoms. The average molecular weight is 308 g/mol. The Morgan fingerprint density at radius 3 is 3.20 bits per heavy atom. The van der Waals surface area contributed by atoms with E-state index in [1.165, 1.54) is 22.2 Å². The van der Waals surface area contributed by atoms with Crippen LogP contribution < -0.4 is 0 Å². The molecular weight excluding hydrogens is 292 g/mol. The van der Waals surface area contributed by atoms with E-state index in [0.29, 0.717) is 5.22 Å². The minimum absolute atomic E-state index is 0.155. The molecule has 0 spiro atoms. The summed E-state index contributed by atoms with van der Waals surface area (Å²) in [5, 5.41) is 2.50. The number of rotatable bonds is 3. The largest absolute Gasteiger partial charge is 0.440 e. The lowest BCUT2D eigenvalue weighted by atomic mass is 10.1. The molecule has 1 atom stereocenters. The summed E-state index contributed by atoms with van der Waals surface area (Å²) in [4.78, 5) is 20.1. The van der Waals surface area contributed by atoms with Crippen molar-refractivity contribution >= 4 is 29.0 Å². The first-order chi connectivity index (χ1) is 9.63. The van der Waals surface area contributed by atoms with E-state index in [1.807, 2.05) is 18.7 Å². The van der Waals surface area contributed by atoms with E-state index >= 15 is 0 Å². The molecule has 1 aliphatic heterocycles. The van der Waals surface area contributed by atoms with Crippen LogP contribution in [0.25, 0.3) is 0 Å². The Bertz CT molecular complexity index is 620. The summed E-state index contributed by atoms with van der Waals surface area (Å²) < 4.78 is 5.30. The third-order valence-corrected chi connectivity index (χ3v) is 5.31. The smallest absolute Gasteiger partial charge is 0.256 e. The summed E-state index contributed by atoms with van der Waals surface area (Å²) in [5.41, 5.74) is 2.13. The van der Waals surface area contributed by atoms with Crippen LogP contribution >= 0.6 is 23.1 Å². The average Bonchev–Trinajstić information content (AvgIpc) is 3.05. The number of aromatic nitrogens is 1. The quantitative estimate of drug-likeness (QED) is 0.817. The van der Waals surface area contributed by atoms with Crippen LogP contribution in [0.5, 0.6) is 0 Å². The number of fused-ring (bicyclic) bond motifs is 1. The van der Waals surface area contributed by atoms with Crippen LogP contribution in [0.15, 0.2) is 27.3 Å². The highest BCUT2D eigenvalue weighted by Gasteiger charge is 2.26. The van der Waals surface area contributed by atoms with Gasteiger partial charge in [0.1, 0.15) is 6.26 Å². The highest BCUT2D eigenvalue weighted by atomic mass is 32.2. The van der Waals surface area contributed by atoms with Crippen molar-refractivity contribution in [1.82, 2.24) is 9.88 Å². The van der Waals surface area contributed by atoms with Crippen LogP contribution in [0, 0.1) is 6.92 Å². The summed E-state index contributed by atoms with van der Waals surface area (Å²) >= 11 is 3.17. The Morgan fingerprint density at radius 1 is 1.60 bits per heavy atom. The van der Waals surface area contributed by atoms with Crippen molar-refractivity contribution in [3.05, 3.63) is 33.8 Å². The van der Waals surface area contributed by atoms with Crippen molar-refractivity contribution in [3.8, 4) is 0 Å². The second-order valence-corrected chi connectivity index (χ2v) is 7.19. The second-order valence-electron chi connectivity index (χ2n) is 4.89. The molecule has 2 aromatic heterocycles. The number of nitrogens with zero attached hydrogens (tertiary/aromatic N) is 2. The Morgan fingerprint density at radius 2 is 2.45 bits per heavy atom. The van der Waals surface area contributed by atoms with Gasteiger partial charge >= 0.3 is 0 Å². The molecule has 1 amide bonds. The highest BCUT2D eigenvalue weighted by molar-refractivity contribution is 8.00. The molecule has 0 aromatic carbocycles. The summed E-state index contributed by atoms with van der Waals surface area (Å²) in [6.45, 7) is 5.33. The van der Waals surface area contributed by atoms with E-state index < -0.39 is 0 Å². The normalized spacial score (nSPS) is 16.0. The van der Waals surface area contributed by atoms with Gasteiger partial charge in [0.25, 0.3) is 5.22 Å². The number of carbonyl (C=O) groups is 1. The predicted molar refractivity (Wildman–Crippen MR) is 80.0 cm³/mol. The van der Waals surface area contributed by atoms with Gasteiger partial charge in [0.2, 0.25) is 5.91 Å². The Kier molecular flexibility index (Phi) is 3.85. The van der Waals surface area contributed by atoms with Gasteiger partial charge in [-0.05, 0) is 37.3 Å². The van der Waals surface area contributed by atoms with Gasteiger partial charge in [-0.3, -0.25) is 4.79 Å². The fourth-order valence-corrected chi connectivity index (χ4v) is 4.02. The Labute approximate surface area is 126 Å². The van der Waals surface area contributed by atoms with Crippen LogP contribution in [0.1, 0.15) is 23.1 Å². The number of thiophene rings is 1. The molecule has 4 nitrogen and oxygen atoms in total. The Balaban J connectivity index is 1.64. The summed E-state index contributed by atoms with van der Waals surface area (Å²) in [6.07, 6.45) is 2.58. The molecule has 0 fully saturated rings. The molecule has 0 unspecified atom stereocenters. The molecule has 106 valence electrons. The third-order valence-electron chi connectivity index (χ3n) is 3.34. The van der Waals surface area contributed by atoms with E-state index in [2.05, 4.69) is 16.4 Å². The maximum Gasteiger partial charge on any atom is 0.256 e. The van der Waals surface area contributed by atoms with Crippen molar-refractivity contribution in [2.45, 2.75) is 37.3 Å². The molecule has 0 saturated carbocycles. The van der Waals surface area contributed by atoms with Gasteiger partial charge < -0.3 is 9.32 Å². The zero-order chi connectivity index (χ0) is 14.1. The second kappa shape index (κ2) is 5.61. The number of oxazole rings is 1. The van der Waals surface area contributed by atoms with Crippen molar-refractivity contribution in [2.75, 3.05) is 6.54 Å². The fraction of sp³-hybridized carbons (Fsp3) is 0.429. The van der Waals surface area contributed by atoms with Crippen molar-refractivity contribution < 1.29 is 9.21 Å². The predicted octanol–water partition coefficient (Wildman–Crippen LogP) is 3.11. The first kappa shape index (κ1) is 13.7. The van der Waals surface area contributed by atoms with Crippen molar-refractivity contribution in [2.24, 2.45) is 0 Å². The fourth-order valence-electron chi connectivity index (χ4n) is 2.28. The molecule has 3 rings (SSSR count). The molecule has 0 radical (unpaired) electrons. The number of aryl methyl sites for hydroxylation is 1. The lowest BCUT2D eigenvalue weighted by molar-refractivity contribution is -0.131. The minimum atomic E-state index is -0.173. The zero-order valence-electron chi connectivity index (χ0n) is 11.5. The van der Waals surface area contributed by atoms with Gasteiger partial charge in [-0.15, -0.1) is 11.3 Å². The minimum Gasteiger partial charge on any atom is -0.440 e. The van der Waals surface area contributed by atoms with E-state index in [0.717, 1.165) is 25.2 Å². The topological polar surface area (TPSA) is 46.3 Å². The number of thioether (sulfide) groups is 1. The van der Waals surface area contributed by atoms with Gasteiger partial charge in [-0.25, -0.2) is 4.98 Å². The third kappa shape index (κ3) is 2.76. The van der Waals surface area contributed by atoms with Crippen LogP contribution in [0.4, 0.5) is 0 Å². The number of amides is 1. The molecule has 20 heavy (non-hydrogen) atoms. The van der Waals surface area contributed by atoms with E-state index in [-0.39, 0.29) is 11.2 Å². The number of carbonyl (C=O) groups excluding carboxylic acids is 1. The maximum atomic E-state index is 12.5. The standard InChI is InChI=1S/C14H16N2O2S2/c1-9-8-18-14(15-9)20-10(2)13(17)16-5-3-12-11(7-16)4-6-19-12/h4,6,8,10H,3,5,7H2,1-2H3/t10-/m1/s1. The van der Waals surface area contributed by atoms with Gasteiger partial charge in [0, 0.05) is 18.0 Å². The molecule has 3 heterocycles.